The molecule has 0 saturated carbocycles. The highest BCUT2D eigenvalue weighted by molar-refractivity contribution is 7.99. The van der Waals surface area contributed by atoms with E-state index < -0.39 is 17.3 Å². The first-order chi connectivity index (χ1) is 13.6. The average Bonchev–Trinajstić information content (AvgIpc) is 2.85. The molecule has 1 aliphatic rings. The molecule has 0 radical (unpaired) electrons. The third kappa shape index (κ3) is 3.83. The van der Waals surface area contributed by atoms with E-state index in [1.165, 1.54) is 11.8 Å². The Morgan fingerprint density at radius 2 is 1.64 bits per heavy atom. The number of thioether (sulfide) groups is 1. The summed E-state index contributed by atoms with van der Waals surface area (Å²) in [5, 5.41) is 12.9. The van der Waals surface area contributed by atoms with E-state index in [9.17, 15) is 9.90 Å². The van der Waals surface area contributed by atoms with Gasteiger partial charge in [-0.25, -0.2) is 0 Å². The summed E-state index contributed by atoms with van der Waals surface area (Å²) in [6.07, 6.45) is -1.18. The molecule has 4 rings (SSSR count). The molecule has 28 heavy (non-hydrogen) atoms. The molecule has 0 aliphatic carbocycles. The van der Waals surface area contributed by atoms with E-state index >= 15 is 0 Å². The van der Waals surface area contributed by atoms with Crippen molar-refractivity contribution >= 4 is 23.4 Å². The molecule has 3 aromatic rings. The molecule has 0 bridgehead atoms. The molecule has 0 aromatic heterocycles. The van der Waals surface area contributed by atoms with Crippen molar-refractivity contribution in [3.8, 4) is 17.2 Å². The first-order valence-corrected chi connectivity index (χ1v) is 9.68. The van der Waals surface area contributed by atoms with E-state index in [-0.39, 0.29) is 0 Å². The number of methoxy groups -OCH3 is 1. The maximum Gasteiger partial charge on any atom is 0.254 e. The van der Waals surface area contributed by atoms with Gasteiger partial charge in [0.2, 0.25) is 0 Å². The van der Waals surface area contributed by atoms with E-state index in [1.54, 1.807) is 19.2 Å². The third-order valence-electron chi connectivity index (χ3n) is 4.44. The topological polar surface area (TPSA) is 67.8 Å². The monoisotopic (exact) mass is 393 g/mol. The van der Waals surface area contributed by atoms with Crippen LogP contribution in [0.2, 0.25) is 0 Å². The molecule has 1 amide bonds. The van der Waals surface area contributed by atoms with E-state index in [2.05, 4.69) is 5.32 Å². The number of anilines is 1. The predicted octanol–water partition coefficient (Wildman–Crippen LogP) is 4.63. The number of rotatable bonds is 4. The van der Waals surface area contributed by atoms with Crippen molar-refractivity contribution in [2.24, 2.45) is 0 Å². The Morgan fingerprint density at radius 1 is 0.929 bits per heavy atom. The average molecular weight is 393 g/mol. The zero-order valence-electron chi connectivity index (χ0n) is 15.2. The fourth-order valence-electron chi connectivity index (χ4n) is 2.98. The normalized spacial score (nSPS) is 18.6. The molecule has 1 aliphatic heterocycles. The summed E-state index contributed by atoms with van der Waals surface area (Å²) in [6, 6.07) is 22.3. The minimum absolute atomic E-state index is 0.427. The fraction of sp³-hybridized carbons (Fsp3) is 0.136. The summed E-state index contributed by atoms with van der Waals surface area (Å²) in [7, 11) is 1.60. The van der Waals surface area contributed by atoms with E-state index in [1.807, 2.05) is 60.7 Å². The zero-order valence-corrected chi connectivity index (χ0v) is 16.0. The number of nitrogens with one attached hydrogen (secondary N) is 1. The Kier molecular flexibility index (Phi) is 5.23. The summed E-state index contributed by atoms with van der Waals surface area (Å²) in [6.45, 7) is 0. The lowest BCUT2D eigenvalue weighted by atomic mass is 10.1. The Labute approximate surface area is 167 Å². The summed E-state index contributed by atoms with van der Waals surface area (Å²) in [5.74, 6) is 1.69. The molecule has 0 saturated heterocycles. The minimum Gasteiger partial charge on any atom is -0.497 e. The number of para-hydroxylation sites is 1. The molecule has 2 N–H and O–H groups in total. The van der Waals surface area contributed by atoms with Crippen LogP contribution in [-0.2, 0) is 4.79 Å². The summed E-state index contributed by atoms with van der Waals surface area (Å²) < 4.78 is 11.1. The standard InChI is InChI=1S/C22H19NO4S/c1-26-15-9-7-14(8-10-15)21-20(24)22(25)23-18-12-11-17(13-19(18)28-21)27-16-5-3-2-4-6-16/h2-13,20-21,24H,1H3,(H,23,25)/t20-,21+/m1/s1. The SMILES string of the molecule is COc1ccc([C@@H]2Sc3cc(Oc4ccccc4)ccc3NC(=O)[C@@H]2O)cc1. The number of carbonyl (C=O) groups is 1. The Morgan fingerprint density at radius 3 is 2.36 bits per heavy atom. The van der Waals surface area contributed by atoms with Gasteiger partial charge in [-0.15, -0.1) is 11.8 Å². The van der Waals surface area contributed by atoms with Crippen LogP contribution in [0.4, 0.5) is 5.69 Å². The molecule has 1 heterocycles. The van der Waals surface area contributed by atoms with Gasteiger partial charge >= 0.3 is 0 Å². The smallest absolute Gasteiger partial charge is 0.254 e. The predicted molar refractivity (Wildman–Crippen MR) is 109 cm³/mol. The zero-order chi connectivity index (χ0) is 19.5. The largest absolute Gasteiger partial charge is 0.497 e. The molecular formula is C22H19NO4S. The third-order valence-corrected chi connectivity index (χ3v) is 5.82. The van der Waals surface area contributed by atoms with Gasteiger partial charge in [0.25, 0.3) is 5.91 Å². The lowest BCUT2D eigenvalue weighted by Gasteiger charge is -2.19. The minimum atomic E-state index is -1.18. The second-order valence-electron chi connectivity index (χ2n) is 6.32. The maximum atomic E-state index is 12.4. The molecule has 6 heteroatoms. The molecule has 0 unspecified atom stereocenters. The second-order valence-corrected chi connectivity index (χ2v) is 7.50. The van der Waals surface area contributed by atoms with E-state index in [0.717, 1.165) is 22.0 Å². The van der Waals surface area contributed by atoms with Gasteiger partial charge in [-0.3, -0.25) is 4.79 Å². The van der Waals surface area contributed by atoms with Crippen LogP contribution >= 0.6 is 11.8 Å². The molecule has 2 atom stereocenters. The number of aliphatic hydroxyl groups excluding tert-OH is 1. The van der Waals surface area contributed by atoms with Crippen molar-refractivity contribution in [2.45, 2.75) is 16.2 Å². The fourth-order valence-corrected chi connectivity index (χ4v) is 4.23. The number of benzene rings is 3. The Bertz CT molecular complexity index is 976. The van der Waals surface area contributed by atoms with Crippen molar-refractivity contribution in [3.63, 3.8) is 0 Å². The number of fused-ring (bicyclic) bond motifs is 1. The highest BCUT2D eigenvalue weighted by atomic mass is 32.2. The van der Waals surface area contributed by atoms with Gasteiger partial charge in [-0.1, -0.05) is 30.3 Å². The van der Waals surface area contributed by atoms with Crippen LogP contribution in [0.5, 0.6) is 17.2 Å². The molecule has 0 fully saturated rings. The van der Waals surface area contributed by atoms with Gasteiger partial charge in [0.05, 0.1) is 18.0 Å². The maximum absolute atomic E-state index is 12.4. The first kappa shape index (κ1) is 18.4. The van der Waals surface area contributed by atoms with Crippen LogP contribution in [0.3, 0.4) is 0 Å². The van der Waals surface area contributed by atoms with Gasteiger partial charge < -0.3 is 19.9 Å². The van der Waals surface area contributed by atoms with E-state index in [4.69, 9.17) is 9.47 Å². The van der Waals surface area contributed by atoms with Gasteiger partial charge in [0.15, 0.2) is 0 Å². The summed E-state index contributed by atoms with van der Waals surface area (Å²) in [4.78, 5) is 13.3. The van der Waals surface area contributed by atoms with Crippen LogP contribution in [-0.4, -0.2) is 24.2 Å². The number of carbonyl (C=O) groups excluding carboxylic acids is 1. The molecule has 3 aromatic carbocycles. The summed E-state index contributed by atoms with van der Waals surface area (Å²) >= 11 is 1.43. The summed E-state index contributed by atoms with van der Waals surface area (Å²) in [5.41, 5.74) is 1.50. The van der Waals surface area contributed by atoms with Crippen LogP contribution in [0, 0.1) is 0 Å². The van der Waals surface area contributed by atoms with E-state index in [0.29, 0.717) is 11.4 Å². The number of amides is 1. The molecule has 0 spiro atoms. The van der Waals surface area contributed by atoms with Crippen LogP contribution in [0.1, 0.15) is 10.8 Å². The van der Waals surface area contributed by atoms with Gasteiger partial charge in [-0.05, 0) is 48.0 Å². The number of hydrogen-bond donors (Lipinski definition) is 2. The number of hydrogen-bond acceptors (Lipinski definition) is 5. The highest BCUT2D eigenvalue weighted by Crippen LogP contribution is 2.45. The van der Waals surface area contributed by atoms with Crippen molar-refractivity contribution in [2.75, 3.05) is 12.4 Å². The number of ether oxygens (including phenoxy) is 2. The molecular weight excluding hydrogens is 374 g/mol. The lowest BCUT2D eigenvalue weighted by molar-refractivity contribution is -0.124. The second kappa shape index (κ2) is 7.96. The van der Waals surface area contributed by atoms with Crippen LogP contribution in [0.25, 0.3) is 0 Å². The highest BCUT2D eigenvalue weighted by Gasteiger charge is 2.33. The van der Waals surface area contributed by atoms with Crippen LogP contribution in [0.15, 0.2) is 77.7 Å². The van der Waals surface area contributed by atoms with Crippen molar-refractivity contribution in [1.29, 1.82) is 0 Å². The van der Waals surface area contributed by atoms with Crippen molar-refractivity contribution in [3.05, 3.63) is 78.4 Å². The Hall–Kier alpha value is -2.96. The van der Waals surface area contributed by atoms with Crippen molar-refractivity contribution < 1.29 is 19.4 Å². The number of aliphatic hydroxyl groups is 1. The van der Waals surface area contributed by atoms with Gasteiger partial charge in [0, 0.05) is 4.90 Å². The lowest BCUT2D eigenvalue weighted by Crippen LogP contribution is -2.30. The van der Waals surface area contributed by atoms with Gasteiger partial charge in [0.1, 0.15) is 23.4 Å². The Balaban J connectivity index is 1.65. The quantitative estimate of drug-likeness (QED) is 0.676. The first-order valence-electron chi connectivity index (χ1n) is 8.80. The molecule has 5 nitrogen and oxygen atoms in total. The van der Waals surface area contributed by atoms with Crippen LogP contribution < -0.4 is 14.8 Å². The van der Waals surface area contributed by atoms with Gasteiger partial charge in [-0.2, -0.15) is 0 Å². The van der Waals surface area contributed by atoms with Crippen molar-refractivity contribution in [1.82, 2.24) is 0 Å². The molecule has 142 valence electrons.